The third-order valence-corrected chi connectivity index (χ3v) is 5.24. The second-order valence-corrected chi connectivity index (χ2v) is 7.16. The van der Waals surface area contributed by atoms with Crippen molar-refractivity contribution in [3.63, 3.8) is 0 Å². The maximum Gasteiger partial charge on any atom is 0.191 e. The van der Waals surface area contributed by atoms with Crippen molar-refractivity contribution < 1.29 is 14.6 Å². The summed E-state index contributed by atoms with van der Waals surface area (Å²) in [6.45, 7) is 3.18. The Morgan fingerprint density at radius 1 is 1.31 bits per heavy atom. The predicted octanol–water partition coefficient (Wildman–Crippen LogP) is 1.81. The molecule has 0 saturated carbocycles. The van der Waals surface area contributed by atoms with E-state index in [0.717, 1.165) is 60.6 Å². The van der Waals surface area contributed by atoms with Gasteiger partial charge >= 0.3 is 0 Å². The average molecular weight is 378 g/mol. The topological polar surface area (TPSA) is 81.4 Å². The minimum atomic E-state index is 0.154. The number of thioether (sulfide) groups is 1. The van der Waals surface area contributed by atoms with Crippen LogP contribution in [0, 0.1) is 0 Å². The van der Waals surface area contributed by atoms with Crippen LogP contribution in [0.15, 0.2) is 29.4 Å². The highest BCUT2D eigenvalue weighted by molar-refractivity contribution is 7.99. The third-order valence-electron chi connectivity index (χ3n) is 4.27. The molecule has 2 N–H and O–H groups in total. The Balaban J connectivity index is 1.75. The fourth-order valence-electron chi connectivity index (χ4n) is 2.92. The zero-order chi connectivity index (χ0) is 18.2. The highest BCUT2D eigenvalue weighted by Gasteiger charge is 2.21. The molecular weight excluding hydrogens is 352 g/mol. The van der Waals surface area contributed by atoms with E-state index in [0.29, 0.717) is 6.54 Å². The Kier molecular flexibility index (Phi) is 7.31. The quantitative estimate of drug-likeness (QED) is 0.482. The first-order valence-electron chi connectivity index (χ1n) is 8.95. The van der Waals surface area contributed by atoms with Gasteiger partial charge in [-0.2, -0.15) is 0 Å². The molecule has 0 spiro atoms. The largest absolute Gasteiger partial charge is 0.497 e. The van der Waals surface area contributed by atoms with Crippen molar-refractivity contribution in [2.24, 2.45) is 0 Å². The van der Waals surface area contributed by atoms with Crippen molar-refractivity contribution in [1.29, 1.82) is 0 Å². The molecule has 1 aliphatic heterocycles. The fourth-order valence-corrected chi connectivity index (χ4v) is 3.77. The molecule has 1 aromatic heterocycles. The van der Waals surface area contributed by atoms with E-state index in [1.165, 1.54) is 0 Å². The molecule has 2 aromatic rings. The molecular formula is C18H26N4O3S. The number of rotatable bonds is 10. The fraction of sp³-hybridized carbons (Fsp3) is 0.556. The summed E-state index contributed by atoms with van der Waals surface area (Å²) in [6.07, 6.45) is 2.40. The van der Waals surface area contributed by atoms with Crippen LogP contribution in [0.4, 0.5) is 0 Å². The first kappa shape index (κ1) is 19.2. The lowest BCUT2D eigenvalue weighted by Gasteiger charge is -2.15. The number of aromatic nitrogens is 3. The van der Waals surface area contributed by atoms with Crippen molar-refractivity contribution in [1.82, 2.24) is 20.1 Å². The van der Waals surface area contributed by atoms with Crippen molar-refractivity contribution in [2.75, 3.05) is 39.2 Å². The van der Waals surface area contributed by atoms with Crippen LogP contribution >= 0.6 is 11.8 Å². The third kappa shape index (κ3) is 4.97. The van der Waals surface area contributed by atoms with Crippen LogP contribution in [0.25, 0.3) is 11.4 Å². The SMILES string of the molecule is COc1ccc(-c2nnc(SCCNCCO)n2C[C@H]2CCCO2)cc1. The van der Waals surface area contributed by atoms with E-state index in [2.05, 4.69) is 20.1 Å². The van der Waals surface area contributed by atoms with E-state index < -0.39 is 0 Å². The molecule has 2 heterocycles. The van der Waals surface area contributed by atoms with Gasteiger partial charge in [-0.05, 0) is 37.1 Å². The average Bonchev–Trinajstić information content (AvgIpc) is 3.32. The smallest absolute Gasteiger partial charge is 0.191 e. The normalized spacial score (nSPS) is 16.9. The van der Waals surface area contributed by atoms with E-state index in [9.17, 15) is 0 Å². The summed E-state index contributed by atoms with van der Waals surface area (Å²) in [5, 5.41) is 21.8. The van der Waals surface area contributed by atoms with Crippen LogP contribution in [-0.2, 0) is 11.3 Å². The molecule has 0 amide bonds. The van der Waals surface area contributed by atoms with Crippen LogP contribution in [0.5, 0.6) is 5.75 Å². The maximum atomic E-state index is 8.83. The minimum Gasteiger partial charge on any atom is -0.497 e. The number of nitrogens with one attached hydrogen (secondary N) is 1. The molecule has 8 heteroatoms. The number of benzene rings is 1. The second kappa shape index (κ2) is 9.91. The van der Waals surface area contributed by atoms with E-state index >= 15 is 0 Å². The van der Waals surface area contributed by atoms with E-state index in [-0.39, 0.29) is 12.7 Å². The number of hydrogen-bond acceptors (Lipinski definition) is 7. The van der Waals surface area contributed by atoms with Crippen molar-refractivity contribution in [3.05, 3.63) is 24.3 Å². The summed E-state index contributed by atoms with van der Waals surface area (Å²) < 4.78 is 13.2. The molecule has 1 saturated heterocycles. The number of ether oxygens (including phenoxy) is 2. The van der Waals surface area contributed by atoms with Crippen LogP contribution < -0.4 is 10.1 Å². The van der Waals surface area contributed by atoms with Gasteiger partial charge in [-0.15, -0.1) is 10.2 Å². The molecule has 0 aliphatic carbocycles. The summed E-state index contributed by atoms with van der Waals surface area (Å²) >= 11 is 1.67. The van der Waals surface area contributed by atoms with Crippen molar-refractivity contribution >= 4 is 11.8 Å². The summed E-state index contributed by atoms with van der Waals surface area (Å²) in [7, 11) is 1.66. The van der Waals surface area contributed by atoms with Gasteiger partial charge in [0.25, 0.3) is 0 Å². The van der Waals surface area contributed by atoms with Gasteiger partial charge in [-0.3, -0.25) is 4.57 Å². The first-order valence-corrected chi connectivity index (χ1v) is 9.94. The molecule has 0 radical (unpaired) electrons. The van der Waals surface area contributed by atoms with Crippen LogP contribution in [-0.4, -0.2) is 65.1 Å². The van der Waals surface area contributed by atoms with E-state index in [1.54, 1.807) is 18.9 Å². The molecule has 1 aliphatic rings. The number of aliphatic hydroxyl groups is 1. The van der Waals surface area contributed by atoms with Crippen LogP contribution in [0.2, 0.25) is 0 Å². The molecule has 142 valence electrons. The summed E-state index contributed by atoms with van der Waals surface area (Å²) in [5.74, 6) is 2.55. The highest BCUT2D eigenvalue weighted by Crippen LogP contribution is 2.27. The molecule has 1 aromatic carbocycles. The molecule has 0 bridgehead atoms. The molecule has 0 unspecified atom stereocenters. The monoisotopic (exact) mass is 378 g/mol. The Morgan fingerprint density at radius 3 is 2.85 bits per heavy atom. The van der Waals surface area contributed by atoms with Gasteiger partial charge in [0.2, 0.25) is 0 Å². The lowest BCUT2D eigenvalue weighted by Crippen LogP contribution is -2.21. The number of nitrogens with zero attached hydrogens (tertiary/aromatic N) is 3. The Morgan fingerprint density at radius 2 is 2.15 bits per heavy atom. The van der Waals surface area contributed by atoms with Gasteiger partial charge in [-0.1, -0.05) is 11.8 Å². The van der Waals surface area contributed by atoms with Crippen LogP contribution in [0.3, 0.4) is 0 Å². The zero-order valence-electron chi connectivity index (χ0n) is 15.1. The van der Waals surface area contributed by atoms with Gasteiger partial charge in [0.1, 0.15) is 5.75 Å². The molecule has 1 atom stereocenters. The maximum absolute atomic E-state index is 8.83. The van der Waals surface area contributed by atoms with E-state index in [4.69, 9.17) is 14.6 Å². The standard InChI is InChI=1S/C18H26N4O3S/c1-24-15-6-4-14(5-7-15)17-20-21-18(26-12-9-19-8-10-23)22(17)13-16-3-2-11-25-16/h4-7,16,19,23H,2-3,8-13H2,1H3/t16-/m1/s1. The molecule has 3 rings (SSSR count). The van der Waals surface area contributed by atoms with Gasteiger partial charge in [-0.25, -0.2) is 0 Å². The number of aliphatic hydroxyl groups excluding tert-OH is 1. The lowest BCUT2D eigenvalue weighted by atomic mass is 10.2. The van der Waals surface area contributed by atoms with Crippen molar-refractivity contribution in [3.8, 4) is 17.1 Å². The van der Waals surface area contributed by atoms with Gasteiger partial charge in [0, 0.05) is 31.0 Å². The summed E-state index contributed by atoms with van der Waals surface area (Å²) in [5.41, 5.74) is 1.02. The Hall–Kier alpha value is -1.61. The Bertz CT molecular complexity index is 672. The lowest BCUT2D eigenvalue weighted by molar-refractivity contribution is 0.0953. The highest BCUT2D eigenvalue weighted by atomic mass is 32.2. The molecule has 7 nitrogen and oxygen atoms in total. The summed E-state index contributed by atoms with van der Waals surface area (Å²) in [4.78, 5) is 0. The van der Waals surface area contributed by atoms with Crippen LogP contribution in [0.1, 0.15) is 12.8 Å². The van der Waals surface area contributed by atoms with Gasteiger partial charge in [0.05, 0.1) is 26.4 Å². The van der Waals surface area contributed by atoms with Gasteiger partial charge < -0.3 is 19.9 Å². The Labute approximate surface area is 158 Å². The molecule has 26 heavy (non-hydrogen) atoms. The predicted molar refractivity (Wildman–Crippen MR) is 102 cm³/mol. The first-order chi connectivity index (χ1) is 12.8. The van der Waals surface area contributed by atoms with Gasteiger partial charge in [0.15, 0.2) is 11.0 Å². The molecule has 1 fully saturated rings. The number of methoxy groups -OCH3 is 1. The minimum absolute atomic E-state index is 0.154. The number of hydrogen-bond donors (Lipinski definition) is 2. The second-order valence-electron chi connectivity index (χ2n) is 6.10. The van der Waals surface area contributed by atoms with Crippen molar-refractivity contribution in [2.45, 2.75) is 30.6 Å². The zero-order valence-corrected chi connectivity index (χ0v) is 15.9. The van der Waals surface area contributed by atoms with E-state index in [1.807, 2.05) is 24.3 Å². The summed E-state index contributed by atoms with van der Waals surface area (Å²) in [6, 6.07) is 7.89.